The number of carbonyl (C=O) groups excluding carboxylic acids is 1. The molecule has 1 aliphatic heterocycles. The number of nitrogens with zero attached hydrogens (tertiary/aromatic N) is 1. The quantitative estimate of drug-likeness (QED) is 0.225. The Bertz CT molecular complexity index is 1210. The third kappa shape index (κ3) is 4.58. The van der Waals surface area contributed by atoms with Gasteiger partial charge in [-0.05, 0) is 84.0 Å². The summed E-state index contributed by atoms with van der Waals surface area (Å²) in [5.74, 6) is 1.18. The van der Waals surface area contributed by atoms with E-state index in [1.807, 2.05) is 75.4 Å². The van der Waals surface area contributed by atoms with Gasteiger partial charge in [0, 0.05) is 5.56 Å². The monoisotopic (exact) mass is 527 g/mol. The second-order valence-corrected chi connectivity index (χ2v) is 8.45. The van der Waals surface area contributed by atoms with Crippen molar-refractivity contribution < 1.29 is 19.0 Å². The third-order valence-electron chi connectivity index (χ3n) is 4.63. The lowest BCUT2D eigenvalue weighted by Gasteiger charge is -2.16. The molecular weight excluding hydrogens is 505 g/mol. The number of hydrogen-bond acceptors (Lipinski definition) is 5. The number of aliphatic imine (C=N–C) groups is 1. The Morgan fingerprint density at radius 2 is 1.90 bits per heavy atom. The summed E-state index contributed by atoms with van der Waals surface area (Å²) in [6.45, 7) is 6.38. The van der Waals surface area contributed by atoms with E-state index < -0.39 is 5.97 Å². The first-order valence-electron chi connectivity index (χ1n) is 10.1. The zero-order valence-corrected chi connectivity index (χ0v) is 19.7. The maximum absolute atomic E-state index is 12.5. The lowest BCUT2D eigenvalue weighted by molar-refractivity contribution is -0.129. The van der Waals surface area contributed by atoms with E-state index in [4.69, 9.17) is 14.2 Å². The van der Waals surface area contributed by atoms with Gasteiger partial charge >= 0.3 is 5.97 Å². The van der Waals surface area contributed by atoms with Crippen molar-refractivity contribution >= 4 is 51.3 Å². The molecule has 3 aromatic carbocycles. The predicted molar refractivity (Wildman–Crippen MR) is 131 cm³/mol. The topological polar surface area (TPSA) is 57.1 Å². The molecule has 31 heavy (non-hydrogen) atoms. The highest BCUT2D eigenvalue weighted by atomic mass is 127. The van der Waals surface area contributed by atoms with Crippen LogP contribution >= 0.6 is 22.6 Å². The molecular formula is C25H22INO4. The summed E-state index contributed by atoms with van der Waals surface area (Å²) in [7, 11) is 0. The van der Waals surface area contributed by atoms with Crippen LogP contribution in [-0.2, 0) is 9.53 Å². The zero-order valence-electron chi connectivity index (χ0n) is 17.5. The highest BCUT2D eigenvalue weighted by Crippen LogP contribution is 2.36. The Balaban J connectivity index is 1.73. The number of carbonyl (C=O) groups is 1. The molecule has 1 heterocycles. The Labute approximate surface area is 194 Å². The van der Waals surface area contributed by atoms with Gasteiger partial charge in [-0.3, -0.25) is 0 Å². The molecule has 0 saturated heterocycles. The van der Waals surface area contributed by atoms with Gasteiger partial charge in [-0.2, -0.15) is 0 Å². The molecule has 5 nitrogen and oxygen atoms in total. The summed E-state index contributed by atoms with van der Waals surface area (Å²) in [6.07, 6.45) is 1.74. The molecule has 0 unspecified atom stereocenters. The number of benzene rings is 3. The van der Waals surface area contributed by atoms with Crippen LogP contribution in [0.5, 0.6) is 11.5 Å². The van der Waals surface area contributed by atoms with Gasteiger partial charge in [-0.1, -0.05) is 36.4 Å². The summed E-state index contributed by atoms with van der Waals surface area (Å²) in [4.78, 5) is 17.0. The second kappa shape index (κ2) is 9.09. The predicted octanol–water partition coefficient (Wildman–Crippen LogP) is 5.97. The highest BCUT2D eigenvalue weighted by molar-refractivity contribution is 14.1. The average Bonchev–Trinajstić information content (AvgIpc) is 3.10. The largest absolute Gasteiger partial charge is 0.490 e. The van der Waals surface area contributed by atoms with E-state index >= 15 is 0 Å². The van der Waals surface area contributed by atoms with E-state index in [1.54, 1.807) is 6.08 Å². The standard InChI is InChI=1S/C25H22INO4/c1-4-29-22-14-16(12-20(26)23(22)30-15(2)3)13-21-25(28)31-24(27-21)19-11-7-9-17-8-5-6-10-18(17)19/h5-15H,4H2,1-3H3/b21-13+. The smallest absolute Gasteiger partial charge is 0.363 e. The van der Waals surface area contributed by atoms with Gasteiger partial charge in [0.2, 0.25) is 5.90 Å². The van der Waals surface area contributed by atoms with Gasteiger partial charge in [-0.15, -0.1) is 0 Å². The second-order valence-electron chi connectivity index (χ2n) is 7.29. The molecule has 0 amide bonds. The summed E-state index contributed by atoms with van der Waals surface area (Å²) in [5, 5.41) is 2.05. The molecule has 0 aromatic heterocycles. The van der Waals surface area contributed by atoms with Crippen LogP contribution in [0.1, 0.15) is 31.9 Å². The van der Waals surface area contributed by atoms with E-state index in [9.17, 15) is 4.79 Å². The average molecular weight is 527 g/mol. The minimum atomic E-state index is -0.474. The van der Waals surface area contributed by atoms with Gasteiger partial charge in [0.1, 0.15) is 0 Å². The molecule has 0 N–H and O–H groups in total. The molecule has 6 heteroatoms. The lowest BCUT2D eigenvalue weighted by Crippen LogP contribution is -2.09. The minimum Gasteiger partial charge on any atom is -0.490 e. The van der Waals surface area contributed by atoms with Crippen molar-refractivity contribution in [3.05, 3.63) is 75.0 Å². The molecule has 1 aliphatic rings. The summed E-state index contributed by atoms with van der Waals surface area (Å²) in [5.41, 5.74) is 1.83. The van der Waals surface area contributed by atoms with Crippen LogP contribution in [0.3, 0.4) is 0 Å². The van der Waals surface area contributed by atoms with Crippen LogP contribution in [0.15, 0.2) is 65.3 Å². The van der Waals surface area contributed by atoms with Crippen molar-refractivity contribution in [3.63, 3.8) is 0 Å². The number of fused-ring (bicyclic) bond motifs is 1. The minimum absolute atomic E-state index is 0.0228. The summed E-state index contributed by atoms with van der Waals surface area (Å²) >= 11 is 2.21. The number of hydrogen-bond donors (Lipinski definition) is 0. The first kappa shape index (κ1) is 21.4. The van der Waals surface area contributed by atoms with Crippen LogP contribution in [0.2, 0.25) is 0 Å². The van der Waals surface area contributed by atoms with E-state index in [0.717, 1.165) is 25.5 Å². The Morgan fingerprint density at radius 3 is 2.68 bits per heavy atom. The molecule has 0 saturated carbocycles. The van der Waals surface area contributed by atoms with Crippen molar-refractivity contribution in [1.29, 1.82) is 0 Å². The van der Waals surface area contributed by atoms with E-state index in [2.05, 4.69) is 27.6 Å². The van der Waals surface area contributed by atoms with Crippen LogP contribution in [-0.4, -0.2) is 24.6 Å². The van der Waals surface area contributed by atoms with Crippen LogP contribution in [0.4, 0.5) is 0 Å². The van der Waals surface area contributed by atoms with E-state index in [0.29, 0.717) is 24.0 Å². The lowest BCUT2D eigenvalue weighted by atomic mass is 10.0. The normalized spacial score (nSPS) is 14.8. The molecule has 0 spiro atoms. The Kier molecular flexibility index (Phi) is 6.27. The van der Waals surface area contributed by atoms with Crippen molar-refractivity contribution in [3.8, 4) is 11.5 Å². The van der Waals surface area contributed by atoms with Gasteiger partial charge in [0.25, 0.3) is 0 Å². The van der Waals surface area contributed by atoms with Crippen molar-refractivity contribution in [2.45, 2.75) is 26.9 Å². The van der Waals surface area contributed by atoms with Gasteiger partial charge in [-0.25, -0.2) is 9.79 Å². The first-order chi connectivity index (χ1) is 15.0. The molecule has 0 atom stereocenters. The molecule has 4 rings (SSSR count). The van der Waals surface area contributed by atoms with Crippen LogP contribution in [0.25, 0.3) is 16.8 Å². The van der Waals surface area contributed by atoms with Crippen molar-refractivity contribution in [2.24, 2.45) is 4.99 Å². The van der Waals surface area contributed by atoms with Gasteiger partial charge in [0.05, 0.1) is 16.3 Å². The number of rotatable bonds is 6. The Morgan fingerprint density at radius 1 is 1.13 bits per heavy atom. The van der Waals surface area contributed by atoms with Crippen molar-refractivity contribution in [1.82, 2.24) is 0 Å². The fraction of sp³-hybridized carbons (Fsp3) is 0.200. The molecule has 0 aliphatic carbocycles. The van der Waals surface area contributed by atoms with Crippen LogP contribution in [0, 0.1) is 3.57 Å². The maximum Gasteiger partial charge on any atom is 0.363 e. The van der Waals surface area contributed by atoms with Crippen LogP contribution < -0.4 is 9.47 Å². The number of ether oxygens (including phenoxy) is 3. The molecule has 0 bridgehead atoms. The fourth-order valence-electron chi connectivity index (χ4n) is 3.38. The molecule has 3 aromatic rings. The zero-order chi connectivity index (χ0) is 22.0. The Hall–Kier alpha value is -2.87. The molecule has 0 fully saturated rings. The van der Waals surface area contributed by atoms with Crippen molar-refractivity contribution in [2.75, 3.05) is 6.61 Å². The SMILES string of the molecule is CCOc1cc(/C=C2/N=C(c3cccc4ccccc34)OC2=O)cc(I)c1OC(C)C. The van der Waals surface area contributed by atoms with E-state index in [1.165, 1.54) is 0 Å². The third-order valence-corrected chi connectivity index (χ3v) is 5.43. The van der Waals surface area contributed by atoms with Gasteiger partial charge < -0.3 is 14.2 Å². The highest BCUT2D eigenvalue weighted by Gasteiger charge is 2.25. The summed E-state index contributed by atoms with van der Waals surface area (Å²) < 4.78 is 18.1. The number of cyclic esters (lactones) is 1. The molecule has 0 radical (unpaired) electrons. The number of halogens is 1. The van der Waals surface area contributed by atoms with Gasteiger partial charge in [0.15, 0.2) is 17.2 Å². The summed E-state index contributed by atoms with van der Waals surface area (Å²) in [6, 6.07) is 17.6. The fourth-order valence-corrected chi connectivity index (χ4v) is 4.13. The number of esters is 1. The molecule has 158 valence electrons. The van der Waals surface area contributed by atoms with E-state index in [-0.39, 0.29) is 11.8 Å². The maximum atomic E-state index is 12.5. The first-order valence-corrected chi connectivity index (χ1v) is 11.2.